The number of benzene rings is 2. The van der Waals surface area contributed by atoms with Crippen molar-refractivity contribution in [2.24, 2.45) is 7.05 Å². The van der Waals surface area contributed by atoms with Gasteiger partial charge in [-0.1, -0.05) is 18.2 Å². The Labute approximate surface area is 192 Å². The molecule has 2 aromatic heterocycles. The highest BCUT2D eigenvalue weighted by atomic mass is 32.2. The van der Waals surface area contributed by atoms with Crippen molar-refractivity contribution in [2.75, 3.05) is 10.0 Å². The third kappa shape index (κ3) is 4.45. The number of anilines is 2. The number of sulfonamides is 1. The topological polar surface area (TPSA) is 106 Å². The van der Waals surface area contributed by atoms with E-state index >= 15 is 0 Å². The van der Waals surface area contributed by atoms with E-state index in [2.05, 4.69) is 20.1 Å². The number of hydrogen-bond acceptors (Lipinski definition) is 5. The van der Waals surface area contributed by atoms with Crippen LogP contribution in [0.1, 0.15) is 32.9 Å². The molecular weight excluding hydrogens is 438 g/mol. The average Bonchev–Trinajstić information content (AvgIpc) is 3.01. The minimum atomic E-state index is -3.85. The molecule has 0 aliphatic heterocycles. The first-order chi connectivity index (χ1) is 15.5. The Morgan fingerprint density at radius 1 is 0.970 bits per heavy atom. The van der Waals surface area contributed by atoms with Crippen LogP contribution in [-0.2, 0) is 17.1 Å². The number of nitrogens with zero attached hydrogens (tertiary/aromatic N) is 3. The standard InChI is InChI=1S/C24H25N5O3S/c1-14-7-6-8-19(11-14)28-33(31,32)21-13-18(10-9-15(21)2)26-24(30)20-12-16(3)25-23-22(20)17(4)27-29(23)5/h6-13,28H,1-5H3,(H,26,30). The Hall–Kier alpha value is -3.72. The third-order valence-electron chi connectivity index (χ3n) is 5.35. The van der Waals surface area contributed by atoms with Gasteiger partial charge in [0.05, 0.1) is 21.5 Å². The summed E-state index contributed by atoms with van der Waals surface area (Å²) in [5, 5.41) is 7.87. The molecule has 2 heterocycles. The summed E-state index contributed by atoms with van der Waals surface area (Å²) in [5.41, 5.74) is 4.80. The van der Waals surface area contributed by atoms with Gasteiger partial charge in [0.2, 0.25) is 0 Å². The monoisotopic (exact) mass is 463 g/mol. The van der Waals surface area contributed by atoms with E-state index < -0.39 is 10.0 Å². The van der Waals surface area contributed by atoms with Gasteiger partial charge in [-0.2, -0.15) is 5.10 Å². The van der Waals surface area contributed by atoms with E-state index in [4.69, 9.17) is 0 Å². The zero-order valence-electron chi connectivity index (χ0n) is 19.1. The number of hydrogen-bond donors (Lipinski definition) is 2. The summed E-state index contributed by atoms with van der Waals surface area (Å²) in [6.45, 7) is 7.24. The molecule has 8 nitrogen and oxygen atoms in total. The highest BCUT2D eigenvalue weighted by molar-refractivity contribution is 7.92. The number of carbonyl (C=O) groups is 1. The Morgan fingerprint density at radius 3 is 2.45 bits per heavy atom. The summed E-state index contributed by atoms with van der Waals surface area (Å²) in [6.07, 6.45) is 0. The highest BCUT2D eigenvalue weighted by Crippen LogP contribution is 2.26. The molecule has 4 aromatic rings. The number of pyridine rings is 1. The van der Waals surface area contributed by atoms with Crippen LogP contribution in [0, 0.1) is 27.7 Å². The molecule has 2 N–H and O–H groups in total. The van der Waals surface area contributed by atoms with E-state index in [1.165, 1.54) is 6.07 Å². The molecule has 170 valence electrons. The average molecular weight is 464 g/mol. The van der Waals surface area contributed by atoms with Crippen LogP contribution in [0.15, 0.2) is 53.4 Å². The lowest BCUT2D eigenvalue weighted by Gasteiger charge is -2.13. The van der Waals surface area contributed by atoms with Crippen LogP contribution in [0.4, 0.5) is 11.4 Å². The maximum atomic E-state index is 13.2. The van der Waals surface area contributed by atoms with Gasteiger partial charge in [-0.05, 0) is 69.2 Å². The van der Waals surface area contributed by atoms with Crippen LogP contribution >= 0.6 is 0 Å². The molecule has 0 unspecified atom stereocenters. The smallest absolute Gasteiger partial charge is 0.262 e. The molecule has 0 bridgehead atoms. The maximum Gasteiger partial charge on any atom is 0.262 e. The Balaban J connectivity index is 1.68. The van der Waals surface area contributed by atoms with Crippen molar-refractivity contribution in [3.63, 3.8) is 0 Å². The summed E-state index contributed by atoms with van der Waals surface area (Å²) in [5.74, 6) is -0.361. The Morgan fingerprint density at radius 2 is 1.73 bits per heavy atom. The molecule has 0 atom stereocenters. The number of rotatable bonds is 5. The lowest BCUT2D eigenvalue weighted by atomic mass is 10.1. The molecule has 0 radical (unpaired) electrons. The minimum Gasteiger partial charge on any atom is -0.322 e. The summed E-state index contributed by atoms with van der Waals surface area (Å²) >= 11 is 0. The molecule has 0 spiro atoms. The Bertz CT molecular complexity index is 1510. The van der Waals surface area contributed by atoms with E-state index in [0.717, 1.165) is 5.56 Å². The van der Waals surface area contributed by atoms with Crippen LogP contribution < -0.4 is 10.0 Å². The number of aryl methyl sites for hydroxylation is 5. The van der Waals surface area contributed by atoms with Crippen molar-refractivity contribution in [3.05, 3.63) is 76.6 Å². The first-order valence-electron chi connectivity index (χ1n) is 10.4. The van der Waals surface area contributed by atoms with E-state index in [9.17, 15) is 13.2 Å². The second-order valence-corrected chi connectivity index (χ2v) is 9.78. The van der Waals surface area contributed by atoms with Gasteiger partial charge < -0.3 is 5.32 Å². The number of amides is 1. The molecule has 0 saturated carbocycles. The zero-order valence-corrected chi connectivity index (χ0v) is 19.9. The van der Waals surface area contributed by atoms with Crippen molar-refractivity contribution in [1.82, 2.24) is 14.8 Å². The van der Waals surface area contributed by atoms with Crippen molar-refractivity contribution in [3.8, 4) is 0 Å². The van der Waals surface area contributed by atoms with Gasteiger partial charge in [0.1, 0.15) is 0 Å². The first kappa shape index (κ1) is 22.5. The molecule has 2 aromatic carbocycles. The van der Waals surface area contributed by atoms with Crippen LogP contribution in [0.5, 0.6) is 0 Å². The third-order valence-corrected chi connectivity index (χ3v) is 6.87. The van der Waals surface area contributed by atoms with Crippen LogP contribution in [0.2, 0.25) is 0 Å². The van der Waals surface area contributed by atoms with Gasteiger partial charge in [-0.15, -0.1) is 0 Å². The number of aromatic nitrogens is 3. The molecule has 33 heavy (non-hydrogen) atoms. The van der Waals surface area contributed by atoms with E-state index in [1.54, 1.807) is 55.1 Å². The van der Waals surface area contributed by atoms with Gasteiger partial charge >= 0.3 is 0 Å². The van der Waals surface area contributed by atoms with Crippen molar-refractivity contribution in [2.45, 2.75) is 32.6 Å². The van der Waals surface area contributed by atoms with Crippen LogP contribution in [-0.4, -0.2) is 29.1 Å². The molecule has 0 saturated heterocycles. The predicted molar refractivity (Wildman–Crippen MR) is 129 cm³/mol. The molecule has 0 aliphatic carbocycles. The SMILES string of the molecule is Cc1cccc(NS(=O)(=O)c2cc(NC(=O)c3cc(C)nc4c3c(C)nn4C)ccc2C)c1. The van der Waals surface area contributed by atoms with Crippen LogP contribution in [0.3, 0.4) is 0 Å². The lowest BCUT2D eigenvalue weighted by Crippen LogP contribution is -2.17. The maximum absolute atomic E-state index is 13.2. The predicted octanol–water partition coefficient (Wildman–Crippen LogP) is 4.26. The second kappa shape index (κ2) is 8.32. The first-order valence-corrected chi connectivity index (χ1v) is 11.9. The van der Waals surface area contributed by atoms with Gasteiger partial charge in [-0.25, -0.2) is 13.4 Å². The fourth-order valence-electron chi connectivity index (χ4n) is 3.83. The van der Waals surface area contributed by atoms with E-state index in [0.29, 0.717) is 44.9 Å². The quantitative estimate of drug-likeness (QED) is 0.460. The van der Waals surface area contributed by atoms with Crippen LogP contribution in [0.25, 0.3) is 11.0 Å². The van der Waals surface area contributed by atoms with Crippen molar-refractivity contribution < 1.29 is 13.2 Å². The molecule has 0 fully saturated rings. The van der Waals surface area contributed by atoms with E-state index in [1.807, 2.05) is 26.8 Å². The largest absolute Gasteiger partial charge is 0.322 e. The van der Waals surface area contributed by atoms with Gasteiger partial charge in [-0.3, -0.25) is 14.2 Å². The molecular formula is C24H25N5O3S. The van der Waals surface area contributed by atoms with Gasteiger partial charge in [0.25, 0.3) is 15.9 Å². The second-order valence-electron chi connectivity index (χ2n) is 8.13. The molecule has 1 amide bonds. The fraction of sp³-hybridized carbons (Fsp3) is 0.208. The summed E-state index contributed by atoms with van der Waals surface area (Å²) in [7, 11) is -2.07. The number of nitrogens with one attached hydrogen (secondary N) is 2. The lowest BCUT2D eigenvalue weighted by molar-refractivity contribution is 0.102. The number of carbonyl (C=O) groups excluding carboxylic acids is 1. The summed E-state index contributed by atoms with van der Waals surface area (Å²) in [4.78, 5) is 17.8. The Kier molecular flexibility index (Phi) is 5.67. The van der Waals surface area contributed by atoms with Crippen molar-refractivity contribution in [1.29, 1.82) is 0 Å². The zero-order chi connectivity index (χ0) is 23.9. The summed E-state index contributed by atoms with van der Waals surface area (Å²) in [6, 6.07) is 13.6. The molecule has 4 rings (SSSR count). The summed E-state index contributed by atoms with van der Waals surface area (Å²) < 4.78 is 30.4. The van der Waals surface area contributed by atoms with Gasteiger partial charge in [0, 0.05) is 24.1 Å². The van der Waals surface area contributed by atoms with E-state index in [-0.39, 0.29) is 10.8 Å². The fourth-order valence-corrected chi connectivity index (χ4v) is 5.15. The van der Waals surface area contributed by atoms with Gasteiger partial charge in [0.15, 0.2) is 5.65 Å². The normalized spacial score (nSPS) is 11.5. The number of fused-ring (bicyclic) bond motifs is 1. The minimum absolute atomic E-state index is 0.0930. The molecule has 0 aliphatic rings. The van der Waals surface area contributed by atoms with Crippen molar-refractivity contribution >= 4 is 38.3 Å². The molecule has 9 heteroatoms. The highest BCUT2D eigenvalue weighted by Gasteiger charge is 2.21.